The van der Waals surface area contributed by atoms with Crippen molar-refractivity contribution in [3.05, 3.63) is 184 Å². The Morgan fingerprint density at radius 2 is 1.27 bits per heavy atom. The summed E-state index contributed by atoms with van der Waals surface area (Å²) in [7, 11) is 0. The van der Waals surface area contributed by atoms with E-state index in [9.17, 15) is 0 Å². The zero-order valence-electron chi connectivity index (χ0n) is 41.9. The van der Waals surface area contributed by atoms with Crippen LogP contribution in [0.25, 0.3) is 0 Å². The molecule has 0 spiro atoms. The molecule has 2 nitrogen and oxygen atoms in total. The number of fused-ring (bicyclic) bond motifs is 4. The van der Waals surface area contributed by atoms with Crippen LogP contribution in [-0.4, -0.2) is 12.8 Å². The topological polar surface area (TPSA) is 6.48 Å². The summed E-state index contributed by atoms with van der Waals surface area (Å²) >= 11 is 0. The molecule has 3 atom stereocenters. The van der Waals surface area contributed by atoms with Gasteiger partial charge in [0.2, 0.25) is 0 Å². The van der Waals surface area contributed by atoms with Gasteiger partial charge in [-0.05, 0) is 143 Å². The normalized spacial score (nSPS) is 23.2. The molecular formula is C64H75BN2. The summed E-state index contributed by atoms with van der Waals surface area (Å²) in [6.07, 6.45) is 34.8. The van der Waals surface area contributed by atoms with E-state index in [0.717, 1.165) is 25.7 Å². The Kier molecular flexibility index (Phi) is 11.6. The van der Waals surface area contributed by atoms with Crippen molar-refractivity contribution in [2.24, 2.45) is 11.3 Å². The van der Waals surface area contributed by atoms with Crippen LogP contribution >= 0.6 is 0 Å². The molecule has 2 heterocycles. The number of benzene rings is 4. The Labute approximate surface area is 404 Å². The quantitative estimate of drug-likeness (QED) is 0.171. The van der Waals surface area contributed by atoms with Crippen molar-refractivity contribution in [2.75, 3.05) is 9.80 Å². The standard InChI is InChI=1S/C64H75BN2/c1-62(2,3)50-29-20-30-54(40-50)67-58-41-51(63(4,5)6)34-37-55(58)65-56-39-47(45-23-14-9-15-24-45)33-38-57(56)66(53-35-31-46(32-36-53)44-21-12-8-13-22-44)59-42-52(43-60(67)61(59)65)64(7,48-25-16-10-17-26-48)49-27-18-11-19-28-49/h10-11,16-18,20,25-27,29-39,41,43-45,52,54H,8-9,12-15,19,21-24,28,40,42H2,1-7H3. The van der Waals surface area contributed by atoms with Gasteiger partial charge in [-0.25, -0.2) is 0 Å². The second-order valence-corrected chi connectivity index (χ2v) is 23.8. The highest BCUT2D eigenvalue weighted by molar-refractivity contribution is 6.94. The van der Waals surface area contributed by atoms with Gasteiger partial charge in [-0.1, -0.05) is 207 Å². The van der Waals surface area contributed by atoms with Crippen molar-refractivity contribution in [1.29, 1.82) is 0 Å². The smallest absolute Gasteiger partial charge is 0.251 e. The fourth-order valence-corrected chi connectivity index (χ4v) is 13.7. The van der Waals surface area contributed by atoms with Gasteiger partial charge in [0.25, 0.3) is 6.71 Å². The lowest BCUT2D eigenvalue weighted by molar-refractivity contribution is 0.383. The number of anilines is 3. The van der Waals surface area contributed by atoms with E-state index in [-0.39, 0.29) is 34.9 Å². The maximum atomic E-state index is 2.86. The van der Waals surface area contributed by atoms with E-state index in [0.29, 0.717) is 11.8 Å². The van der Waals surface area contributed by atoms with Gasteiger partial charge in [0, 0.05) is 33.9 Å². The maximum Gasteiger partial charge on any atom is 0.251 e. The molecule has 3 unspecified atom stereocenters. The number of hydrogen-bond acceptors (Lipinski definition) is 2. The van der Waals surface area contributed by atoms with Crippen molar-refractivity contribution in [3.63, 3.8) is 0 Å². The first-order valence-corrected chi connectivity index (χ1v) is 26.6. The SMILES string of the molecule is CC(C)(C)C1=CC=CC(N2C3=CC(C(C)(C4=CC=CCC4)c4ccccc4)CC4=C3B(c3cc(C5CCCCC5)ccc3N4c3ccc(C4CCCCC4)cc3)c3ccc(C(C)(C)C)cc32)C1. The molecule has 5 aliphatic carbocycles. The molecule has 2 aliphatic heterocycles. The van der Waals surface area contributed by atoms with Crippen molar-refractivity contribution < 1.29 is 0 Å². The molecular weight excluding hydrogens is 808 g/mol. The molecule has 4 aromatic carbocycles. The van der Waals surface area contributed by atoms with Gasteiger partial charge in [0.1, 0.15) is 0 Å². The highest BCUT2D eigenvalue weighted by Crippen LogP contribution is 2.55. The second kappa shape index (κ2) is 17.5. The van der Waals surface area contributed by atoms with Crippen molar-refractivity contribution in [3.8, 4) is 0 Å². The minimum Gasteiger partial charge on any atom is -0.335 e. The summed E-state index contributed by atoms with van der Waals surface area (Å²) in [6.45, 7) is 17.1. The third-order valence-corrected chi connectivity index (χ3v) is 17.7. The highest BCUT2D eigenvalue weighted by Gasteiger charge is 2.51. The van der Waals surface area contributed by atoms with Crippen LogP contribution in [0.15, 0.2) is 162 Å². The Bertz CT molecular complexity index is 2700. The van der Waals surface area contributed by atoms with E-state index in [1.165, 1.54) is 131 Å². The first-order chi connectivity index (χ1) is 32.4. The molecule has 2 fully saturated rings. The highest BCUT2D eigenvalue weighted by atomic mass is 15.2. The molecule has 0 saturated heterocycles. The van der Waals surface area contributed by atoms with E-state index >= 15 is 0 Å². The van der Waals surface area contributed by atoms with E-state index in [1.54, 1.807) is 11.1 Å². The van der Waals surface area contributed by atoms with Crippen LogP contribution in [0, 0.1) is 11.3 Å². The number of hydrogen-bond donors (Lipinski definition) is 0. The van der Waals surface area contributed by atoms with Gasteiger partial charge < -0.3 is 9.80 Å². The van der Waals surface area contributed by atoms with E-state index in [1.807, 2.05) is 0 Å². The van der Waals surface area contributed by atoms with Crippen LogP contribution < -0.4 is 20.7 Å². The first-order valence-electron chi connectivity index (χ1n) is 26.6. The van der Waals surface area contributed by atoms with E-state index in [4.69, 9.17) is 0 Å². The van der Waals surface area contributed by atoms with Gasteiger partial charge in [0.05, 0.1) is 6.04 Å². The molecule has 0 bridgehead atoms. The molecule has 2 saturated carbocycles. The molecule has 4 aromatic rings. The summed E-state index contributed by atoms with van der Waals surface area (Å²) in [5, 5.41) is 0. The van der Waals surface area contributed by atoms with Crippen molar-refractivity contribution in [2.45, 2.75) is 167 Å². The molecule has 0 N–H and O–H groups in total. The van der Waals surface area contributed by atoms with Gasteiger partial charge >= 0.3 is 0 Å². The Hall–Kier alpha value is -5.02. The number of rotatable bonds is 7. The molecule has 0 radical (unpaired) electrons. The van der Waals surface area contributed by atoms with Crippen LogP contribution in [0.5, 0.6) is 0 Å². The monoisotopic (exact) mass is 883 g/mol. The summed E-state index contributed by atoms with van der Waals surface area (Å²) in [6, 6.07) is 37.3. The van der Waals surface area contributed by atoms with Crippen molar-refractivity contribution >= 4 is 34.7 Å². The fourth-order valence-electron chi connectivity index (χ4n) is 13.7. The van der Waals surface area contributed by atoms with Gasteiger partial charge in [0.15, 0.2) is 0 Å². The third kappa shape index (κ3) is 7.99. The third-order valence-electron chi connectivity index (χ3n) is 17.7. The van der Waals surface area contributed by atoms with Crippen LogP contribution in [0.4, 0.5) is 17.1 Å². The van der Waals surface area contributed by atoms with Crippen LogP contribution in [-0.2, 0) is 10.8 Å². The summed E-state index contributed by atoms with van der Waals surface area (Å²) in [5.41, 5.74) is 20.4. The second-order valence-electron chi connectivity index (χ2n) is 23.8. The Balaban J connectivity index is 1.19. The molecule has 7 aliphatic rings. The minimum absolute atomic E-state index is 0.0103. The van der Waals surface area contributed by atoms with E-state index in [2.05, 4.69) is 192 Å². The maximum absolute atomic E-state index is 2.86. The van der Waals surface area contributed by atoms with Crippen molar-refractivity contribution in [1.82, 2.24) is 0 Å². The van der Waals surface area contributed by atoms with Crippen LogP contribution in [0.3, 0.4) is 0 Å². The lowest BCUT2D eigenvalue weighted by atomic mass is 9.31. The molecule has 0 amide bonds. The number of allylic oxidation sites excluding steroid dienone is 9. The van der Waals surface area contributed by atoms with Crippen LogP contribution in [0.2, 0.25) is 0 Å². The summed E-state index contributed by atoms with van der Waals surface area (Å²) in [5.74, 6) is 1.52. The lowest BCUT2D eigenvalue weighted by Crippen LogP contribution is -2.60. The molecule has 0 aromatic heterocycles. The summed E-state index contributed by atoms with van der Waals surface area (Å²) < 4.78 is 0. The zero-order chi connectivity index (χ0) is 46.1. The van der Waals surface area contributed by atoms with Gasteiger partial charge in [-0.3, -0.25) is 0 Å². The fraction of sp³-hybridized carbons (Fsp3) is 0.438. The molecule has 11 rings (SSSR count). The molecule has 344 valence electrons. The predicted octanol–water partition coefficient (Wildman–Crippen LogP) is 15.9. The lowest BCUT2D eigenvalue weighted by Gasteiger charge is -2.53. The van der Waals surface area contributed by atoms with Gasteiger partial charge in [-0.15, -0.1) is 0 Å². The number of nitrogens with zero attached hydrogens (tertiary/aromatic N) is 2. The average molecular weight is 883 g/mol. The molecule has 3 heteroatoms. The Morgan fingerprint density at radius 3 is 1.94 bits per heavy atom. The van der Waals surface area contributed by atoms with Gasteiger partial charge in [-0.2, -0.15) is 0 Å². The molecule has 67 heavy (non-hydrogen) atoms. The predicted molar refractivity (Wildman–Crippen MR) is 288 cm³/mol. The van der Waals surface area contributed by atoms with E-state index < -0.39 is 0 Å². The largest absolute Gasteiger partial charge is 0.335 e. The Morgan fingerprint density at radius 1 is 0.582 bits per heavy atom. The first kappa shape index (κ1) is 44.5. The van der Waals surface area contributed by atoms with Crippen LogP contribution in [0.1, 0.15) is 172 Å². The average Bonchev–Trinajstić information content (AvgIpc) is 3.36. The zero-order valence-corrected chi connectivity index (χ0v) is 41.9. The summed E-state index contributed by atoms with van der Waals surface area (Å²) in [4.78, 5) is 5.64. The minimum atomic E-state index is -0.216.